The molecule has 1 aliphatic carbocycles. The minimum atomic E-state index is 0. The average Bonchev–Trinajstić information content (AvgIpc) is 3.30. The van der Waals surface area contributed by atoms with E-state index in [9.17, 15) is 0 Å². The number of rotatable bonds is 5. The monoisotopic (exact) mass is 475 g/mol. The van der Waals surface area contributed by atoms with Crippen molar-refractivity contribution >= 4 is 29.9 Å². The van der Waals surface area contributed by atoms with Crippen molar-refractivity contribution in [1.82, 2.24) is 20.3 Å². The maximum atomic E-state index is 4.92. The van der Waals surface area contributed by atoms with E-state index in [1.807, 2.05) is 13.1 Å². The second kappa shape index (κ2) is 9.92. The van der Waals surface area contributed by atoms with Gasteiger partial charge in [-0.1, -0.05) is 31.8 Å². The maximum absolute atomic E-state index is 4.92. The molecule has 26 heavy (non-hydrogen) atoms. The predicted molar refractivity (Wildman–Crippen MR) is 116 cm³/mol. The van der Waals surface area contributed by atoms with Gasteiger partial charge in [0.1, 0.15) is 6.26 Å². The Kier molecular flexibility index (Phi) is 8.19. The number of halogens is 1. The van der Waals surface area contributed by atoms with Gasteiger partial charge in [0.05, 0.1) is 5.69 Å². The highest BCUT2D eigenvalue weighted by Crippen LogP contribution is 2.39. The summed E-state index contributed by atoms with van der Waals surface area (Å²) in [4.78, 5) is 9.33. The fourth-order valence-corrected chi connectivity index (χ4v) is 4.16. The Labute approximate surface area is 174 Å². The van der Waals surface area contributed by atoms with Gasteiger partial charge in [0.15, 0.2) is 5.96 Å². The molecule has 1 saturated carbocycles. The van der Waals surface area contributed by atoms with Crippen molar-refractivity contribution in [1.29, 1.82) is 0 Å². The molecule has 148 valence electrons. The molecule has 0 aromatic carbocycles. The van der Waals surface area contributed by atoms with Gasteiger partial charge >= 0.3 is 0 Å². The van der Waals surface area contributed by atoms with Crippen molar-refractivity contribution in [2.75, 3.05) is 39.8 Å². The summed E-state index contributed by atoms with van der Waals surface area (Å²) in [5.74, 6) is 1.89. The lowest BCUT2D eigenvalue weighted by Crippen LogP contribution is -2.53. The van der Waals surface area contributed by atoms with Crippen molar-refractivity contribution in [3.8, 4) is 0 Å². The molecule has 6 nitrogen and oxygen atoms in total. The topological polar surface area (TPSA) is 56.9 Å². The van der Waals surface area contributed by atoms with Crippen LogP contribution in [0.3, 0.4) is 0 Å². The number of hydrogen-bond donors (Lipinski definition) is 1. The molecular weight excluding hydrogens is 441 g/mol. The summed E-state index contributed by atoms with van der Waals surface area (Å²) in [6.07, 6.45) is 7.21. The van der Waals surface area contributed by atoms with Crippen LogP contribution in [0.2, 0.25) is 0 Å². The van der Waals surface area contributed by atoms with E-state index in [0.717, 1.165) is 56.8 Å². The van der Waals surface area contributed by atoms with E-state index in [2.05, 4.69) is 39.1 Å². The molecule has 0 radical (unpaired) electrons. The molecule has 0 spiro atoms. The molecule has 2 aliphatic rings. The van der Waals surface area contributed by atoms with E-state index in [0.29, 0.717) is 5.41 Å². The molecule has 1 aliphatic heterocycles. The summed E-state index contributed by atoms with van der Waals surface area (Å²) in [6, 6.07) is 1.94. The number of guanidine groups is 1. The lowest BCUT2D eigenvalue weighted by atomic mass is 9.78. The van der Waals surface area contributed by atoms with Gasteiger partial charge in [0.2, 0.25) is 0 Å². The number of hydrogen-bond acceptors (Lipinski definition) is 4. The first-order chi connectivity index (χ1) is 12.1. The number of piperazine rings is 1. The molecule has 2 fully saturated rings. The highest BCUT2D eigenvalue weighted by atomic mass is 127. The molecular formula is C19H34IN5O. The van der Waals surface area contributed by atoms with E-state index in [-0.39, 0.29) is 24.0 Å². The van der Waals surface area contributed by atoms with E-state index in [1.165, 1.54) is 25.7 Å². The van der Waals surface area contributed by atoms with Crippen molar-refractivity contribution < 1.29 is 4.52 Å². The Morgan fingerprint density at radius 3 is 2.54 bits per heavy atom. The number of nitrogens with zero attached hydrogens (tertiary/aromatic N) is 4. The summed E-state index contributed by atoms with van der Waals surface area (Å²) in [5, 5.41) is 7.66. The Morgan fingerprint density at radius 1 is 1.27 bits per heavy atom. The SMILES string of the molecule is CN=C(NCC(C)(C)C1CCCC1)N1CCN(Cc2ccon2)CC1.I. The van der Waals surface area contributed by atoms with E-state index in [4.69, 9.17) is 4.52 Å². The summed E-state index contributed by atoms with van der Waals surface area (Å²) in [5.41, 5.74) is 1.34. The zero-order chi connectivity index (χ0) is 17.7. The van der Waals surface area contributed by atoms with Crippen LogP contribution in [0.15, 0.2) is 21.8 Å². The van der Waals surface area contributed by atoms with Gasteiger partial charge in [-0.25, -0.2) is 0 Å². The van der Waals surface area contributed by atoms with Gasteiger partial charge in [-0.15, -0.1) is 24.0 Å². The quantitative estimate of drug-likeness (QED) is 0.403. The molecule has 1 saturated heterocycles. The Balaban J connectivity index is 0.00000243. The highest BCUT2D eigenvalue weighted by molar-refractivity contribution is 14.0. The Bertz CT molecular complexity index is 546. The van der Waals surface area contributed by atoms with Crippen molar-refractivity contribution in [3.05, 3.63) is 18.0 Å². The molecule has 7 heteroatoms. The third-order valence-corrected chi connectivity index (χ3v) is 5.92. The summed E-state index contributed by atoms with van der Waals surface area (Å²) < 4.78 is 4.92. The molecule has 1 N–H and O–H groups in total. The molecule has 0 unspecified atom stereocenters. The number of aliphatic imine (C=N–C) groups is 1. The minimum Gasteiger partial charge on any atom is -0.364 e. The first kappa shape index (κ1) is 21.5. The highest BCUT2D eigenvalue weighted by Gasteiger charge is 2.32. The third-order valence-electron chi connectivity index (χ3n) is 5.92. The molecule has 1 aromatic rings. The first-order valence-electron chi connectivity index (χ1n) is 9.66. The van der Waals surface area contributed by atoms with Gasteiger partial charge in [0.25, 0.3) is 0 Å². The van der Waals surface area contributed by atoms with Crippen LogP contribution in [0.1, 0.15) is 45.2 Å². The van der Waals surface area contributed by atoms with Crippen LogP contribution in [-0.2, 0) is 6.54 Å². The van der Waals surface area contributed by atoms with Gasteiger partial charge in [-0.05, 0) is 24.2 Å². The summed E-state index contributed by atoms with van der Waals surface area (Å²) in [7, 11) is 1.90. The molecule has 3 rings (SSSR count). The number of aromatic nitrogens is 1. The summed E-state index contributed by atoms with van der Waals surface area (Å²) >= 11 is 0. The van der Waals surface area contributed by atoms with Crippen LogP contribution in [0.5, 0.6) is 0 Å². The Hall–Kier alpha value is -0.830. The van der Waals surface area contributed by atoms with Gasteiger partial charge < -0.3 is 14.7 Å². The fraction of sp³-hybridized carbons (Fsp3) is 0.789. The fourth-order valence-electron chi connectivity index (χ4n) is 4.16. The van der Waals surface area contributed by atoms with Crippen LogP contribution in [-0.4, -0.2) is 60.7 Å². The minimum absolute atomic E-state index is 0. The van der Waals surface area contributed by atoms with E-state index in [1.54, 1.807) is 6.26 Å². The lowest BCUT2D eigenvalue weighted by Gasteiger charge is -2.38. The second-order valence-corrected chi connectivity index (χ2v) is 8.12. The van der Waals surface area contributed by atoms with E-state index >= 15 is 0 Å². The first-order valence-corrected chi connectivity index (χ1v) is 9.66. The average molecular weight is 475 g/mol. The zero-order valence-electron chi connectivity index (χ0n) is 16.4. The van der Waals surface area contributed by atoms with Gasteiger partial charge in [-0.3, -0.25) is 9.89 Å². The Morgan fingerprint density at radius 2 is 1.96 bits per heavy atom. The van der Waals surface area contributed by atoms with Gasteiger partial charge in [0, 0.05) is 52.4 Å². The molecule has 1 aromatic heterocycles. The smallest absolute Gasteiger partial charge is 0.193 e. The lowest BCUT2D eigenvalue weighted by molar-refractivity contribution is 0.165. The van der Waals surface area contributed by atoms with Crippen molar-refractivity contribution in [2.24, 2.45) is 16.3 Å². The summed E-state index contributed by atoms with van der Waals surface area (Å²) in [6.45, 7) is 10.7. The largest absolute Gasteiger partial charge is 0.364 e. The standard InChI is InChI=1S/C19H33N5O.HI/c1-19(2,16-6-4-5-7-16)15-21-18(20-3)24-11-9-23(10-12-24)14-17-8-13-25-22-17;/h8,13,16H,4-7,9-12,14-15H2,1-3H3,(H,20,21);1H. The van der Waals surface area contributed by atoms with Crippen LogP contribution in [0.25, 0.3) is 0 Å². The molecule has 0 atom stereocenters. The van der Waals surface area contributed by atoms with Crippen LogP contribution >= 0.6 is 24.0 Å². The zero-order valence-corrected chi connectivity index (χ0v) is 18.7. The van der Waals surface area contributed by atoms with Crippen molar-refractivity contribution in [3.63, 3.8) is 0 Å². The van der Waals surface area contributed by atoms with E-state index < -0.39 is 0 Å². The maximum Gasteiger partial charge on any atom is 0.193 e. The van der Waals surface area contributed by atoms with Gasteiger partial charge in [-0.2, -0.15) is 0 Å². The third kappa shape index (κ3) is 5.58. The van der Waals surface area contributed by atoms with Crippen molar-refractivity contribution in [2.45, 2.75) is 46.1 Å². The van der Waals surface area contributed by atoms with Crippen LogP contribution in [0.4, 0.5) is 0 Å². The normalized spacial score (nSPS) is 20.3. The number of nitrogens with one attached hydrogen (secondary N) is 1. The van der Waals surface area contributed by atoms with Crippen LogP contribution < -0.4 is 5.32 Å². The molecule has 0 amide bonds. The molecule has 2 heterocycles. The predicted octanol–water partition coefficient (Wildman–Crippen LogP) is 3.20. The van der Waals surface area contributed by atoms with Crippen LogP contribution in [0, 0.1) is 11.3 Å². The molecule has 0 bridgehead atoms. The second-order valence-electron chi connectivity index (χ2n) is 8.12.